The van der Waals surface area contributed by atoms with Crippen molar-refractivity contribution < 1.29 is 24.1 Å². The van der Waals surface area contributed by atoms with Gasteiger partial charge in [-0.05, 0) is 35.1 Å². The highest BCUT2D eigenvalue weighted by atomic mass is 16.6. The van der Waals surface area contributed by atoms with Crippen molar-refractivity contribution in [3.8, 4) is 23.0 Å². The van der Waals surface area contributed by atoms with Gasteiger partial charge in [0.25, 0.3) is 5.56 Å². The van der Waals surface area contributed by atoms with Crippen LogP contribution in [0.1, 0.15) is 41.7 Å². The number of ether oxygens (including phenoxy) is 3. The Bertz CT molecular complexity index is 1530. The average molecular weight is 561 g/mol. The molecule has 1 aliphatic heterocycles. The monoisotopic (exact) mass is 560 g/mol. The predicted octanol–water partition coefficient (Wildman–Crippen LogP) is 1.02. The number of fused-ring (bicyclic) bond motifs is 3. The summed E-state index contributed by atoms with van der Waals surface area (Å²) in [6.07, 6.45) is 0.722. The molecule has 2 aromatic carbocycles. The van der Waals surface area contributed by atoms with E-state index in [-0.39, 0.29) is 37.3 Å². The molecule has 1 fully saturated rings. The number of benzene rings is 2. The molecule has 11 heteroatoms. The lowest BCUT2D eigenvalue weighted by Gasteiger charge is -2.18. The van der Waals surface area contributed by atoms with E-state index < -0.39 is 29.8 Å². The lowest BCUT2D eigenvalue weighted by Crippen LogP contribution is -2.41. The number of H-pyrrole nitrogens is 1. The largest absolute Gasteiger partial charge is 0.382 e. The number of nitrogens with zero attached hydrogens (tertiary/aromatic N) is 1. The number of aromatic nitrogens is 2. The molecular weight excluding hydrogens is 528 g/mol. The standard InChI is InChI=1S/C30H32N4O7/c1-39-17-20-12-13-27(41-20)34-16-19(28(36)33-29(34)37)7-6-14-31-26(35)15-32-30(38)40-18-25-23-10-4-2-8-21(23)22-9-3-5-11-24(22)25/h2-5,8-11,16,20,25,27,30,32,38H,12-15,17-18H2,1H3,(H,31,35)(H,33,36,37)/t20-,27+,30+/m0/s1. The maximum atomic E-state index is 12.3. The van der Waals surface area contributed by atoms with E-state index in [1.807, 2.05) is 24.3 Å². The van der Waals surface area contributed by atoms with Crippen LogP contribution in [0.25, 0.3) is 11.1 Å². The number of hydrogen-bond acceptors (Lipinski definition) is 8. The number of methoxy groups -OCH3 is 1. The Balaban J connectivity index is 1.09. The first kappa shape index (κ1) is 28.5. The van der Waals surface area contributed by atoms with Crippen LogP contribution in [0.2, 0.25) is 0 Å². The highest BCUT2D eigenvalue weighted by Gasteiger charge is 2.29. The molecule has 41 heavy (non-hydrogen) atoms. The lowest BCUT2D eigenvalue weighted by atomic mass is 9.98. The summed E-state index contributed by atoms with van der Waals surface area (Å²) in [6, 6.07) is 16.2. The molecule has 1 amide bonds. The minimum Gasteiger partial charge on any atom is -0.382 e. The third kappa shape index (κ3) is 6.65. The second-order valence-corrected chi connectivity index (χ2v) is 9.83. The van der Waals surface area contributed by atoms with Gasteiger partial charge >= 0.3 is 5.69 Å². The van der Waals surface area contributed by atoms with Crippen LogP contribution in [0.15, 0.2) is 64.3 Å². The lowest BCUT2D eigenvalue weighted by molar-refractivity contribution is -0.133. The summed E-state index contributed by atoms with van der Waals surface area (Å²) in [7, 11) is 1.58. The second kappa shape index (κ2) is 13.1. The van der Waals surface area contributed by atoms with E-state index in [2.05, 4.69) is 51.7 Å². The Morgan fingerprint density at radius 3 is 2.54 bits per heavy atom. The first-order valence-electron chi connectivity index (χ1n) is 13.4. The van der Waals surface area contributed by atoms with Crippen molar-refractivity contribution in [2.45, 2.75) is 37.5 Å². The van der Waals surface area contributed by atoms with Crippen LogP contribution in [0.5, 0.6) is 0 Å². The van der Waals surface area contributed by atoms with E-state index in [1.165, 1.54) is 10.8 Å². The molecule has 1 aromatic heterocycles. The first-order chi connectivity index (χ1) is 19.9. The number of aliphatic hydroxyl groups is 1. The summed E-state index contributed by atoms with van der Waals surface area (Å²) in [5.41, 5.74) is 3.46. The molecule has 214 valence electrons. The van der Waals surface area contributed by atoms with Crippen LogP contribution in [0.3, 0.4) is 0 Å². The fourth-order valence-electron chi connectivity index (χ4n) is 5.20. The number of carbonyl (C=O) groups excluding carboxylic acids is 1. The first-order valence-corrected chi connectivity index (χ1v) is 13.4. The van der Waals surface area contributed by atoms with Crippen LogP contribution < -0.4 is 21.9 Å². The van der Waals surface area contributed by atoms with Gasteiger partial charge in [-0.25, -0.2) is 4.79 Å². The van der Waals surface area contributed by atoms with Gasteiger partial charge in [0.1, 0.15) is 11.8 Å². The summed E-state index contributed by atoms with van der Waals surface area (Å²) in [4.78, 5) is 39.0. The Labute approximate surface area is 236 Å². The molecule has 3 atom stereocenters. The third-order valence-corrected chi connectivity index (χ3v) is 7.13. The van der Waals surface area contributed by atoms with Gasteiger partial charge in [0.2, 0.25) is 12.3 Å². The zero-order valence-corrected chi connectivity index (χ0v) is 22.6. The quantitative estimate of drug-likeness (QED) is 0.213. The molecule has 1 saturated heterocycles. The highest BCUT2D eigenvalue weighted by molar-refractivity contribution is 5.79. The fourth-order valence-corrected chi connectivity index (χ4v) is 5.20. The molecule has 0 radical (unpaired) electrons. The van der Waals surface area contributed by atoms with Crippen molar-refractivity contribution in [3.63, 3.8) is 0 Å². The summed E-state index contributed by atoms with van der Waals surface area (Å²) in [6.45, 7) is 0.419. The number of carbonyl (C=O) groups is 1. The summed E-state index contributed by atoms with van der Waals surface area (Å²) >= 11 is 0. The topological polar surface area (TPSA) is 144 Å². The molecule has 0 unspecified atom stereocenters. The second-order valence-electron chi connectivity index (χ2n) is 9.83. The summed E-state index contributed by atoms with van der Waals surface area (Å²) in [5, 5.41) is 15.5. The van der Waals surface area contributed by atoms with Gasteiger partial charge in [-0.3, -0.25) is 24.5 Å². The van der Waals surface area contributed by atoms with Crippen molar-refractivity contribution in [2.75, 3.05) is 33.4 Å². The molecule has 0 spiro atoms. The van der Waals surface area contributed by atoms with Gasteiger partial charge in [-0.1, -0.05) is 60.4 Å². The molecule has 5 rings (SSSR count). The zero-order valence-electron chi connectivity index (χ0n) is 22.6. The normalized spacial score (nSPS) is 18.3. The minimum atomic E-state index is -1.34. The smallest absolute Gasteiger partial charge is 0.330 e. The molecule has 2 heterocycles. The molecule has 2 aliphatic rings. The van der Waals surface area contributed by atoms with Crippen molar-refractivity contribution in [1.82, 2.24) is 20.2 Å². The SMILES string of the molecule is COC[C@@H]1CC[C@H](n2cc(C#CCNC(=O)CN[C@H](O)OCC3c4ccccc4-c4ccccc43)c(=O)[nH]c2=O)O1. The Hall–Kier alpha value is -4.05. The highest BCUT2D eigenvalue weighted by Crippen LogP contribution is 2.44. The minimum absolute atomic E-state index is 0.0209. The number of hydrogen-bond donors (Lipinski definition) is 4. The summed E-state index contributed by atoms with van der Waals surface area (Å²) in [5.74, 6) is 4.96. The van der Waals surface area contributed by atoms with Gasteiger partial charge < -0.3 is 24.6 Å². The Morgan fingerprint density at radius 2 is 1.83 bits per heavy atom. The molecule has 1 aliphatic carbocycles. The number of rotatable bonds is 10. The Kier molecular flexibility index (Phi) is 9.08. The van der Waals surface area contributed by atoms with Crippen molar-refractivity contribution >= 4 is 5.91 Å². The van der Waals surface area contributed by atoms with Crippen LogP contribution in [-0.2, 0) is 19.0 Å². The molecule has 3 aromatic rings. The van der Waals surface area contributed by atoms with E-state index >= 15 is 0 Å². The third-order valence-electron chi connectivity index (χ3n) is 7.13. The van der Waals surface area contributed by atoms with E-state index in [9.17, 15) is 19.5 Å². The fraction of sp³-hybridized carbons (Fsp3) is 0.367. The molecule has 4 N–H and O–H groups in total. The average Bonchev–Trinajstić information content (AvgIpc) is 3.57. The van der Waals surface area contributed by atoms with Crippen LogP contribution in [0, 0.1) is 11.8 Å². The van der Waals surface area contributed by atoms with Crippen molar-refractivity contribution in [3.05, 3.63) is 92.3 Å². The maximum Gasteiger partial charge on any atom is 0.330 e. The van der Waals surface area contributed by atoms with E-state index in [0.29, 0.717) is 13.0 Å². The van der Waals surface area contributed by atoms with Gasteiger partial charge in [0, 0.05) is 19.2 Å². The zero-order chi connectivity index (χ0) is 28.8. The maximum absolute atomic E-state index is 12.3. The Morgan fingerprint density at radius 1 is 1.12 bits per heavy atom. The van der Waals surface area contributed by atoms with E-state index in [4.69, 9.17) is 14.2 Å². The van der Waals surface area contributed by atoms with Crippen LogP contribution in [-0.4, -0.2) is 66.5 Å². The van der Waals surface area contributed by atoms with Gasteiger partial charge in [-0.2, -0.15) is 0 Å². The molecular formula is C30H32N4O7. The molecule has 0 saturated carbocycles. The van der Waals surface area contributed by atoms with Gasteiger partial charge in [0.15, 0.2) is 0 Å². The summed E-state index contributed by atoms with van der Waals surface area (Å²) < 4.78 is 17.9. The van der Waals surface area contributed by atoms with Gasteiger partial charge in [0.05, 0.1) is 32.4 Å². The van der Waals surface area contributed by atoms with E-state index in [0.717, 1.165) is 28.7 Å². The van der Waals surface area contributed by atoms with Crippen molar-refractivity contribution in [2.24, 2.45) is 0 Å². The molecule has 0 bridgehead atoms. The van der Waals surface area contributed by atoms with Gasteiger partial charge in [-0.15, -0.1) is 0 Å². The number of aromatic amines is 1. The van der Waals surface area contributed by atoms with Crippen LogP contribution >= 0.6 is 0 Å². The van der Waals surface area contributed by atoms with Crippen LogP contribution in [0.4, 0.5) is 0 Å². The van der Waals surface area contributed by atoms with E-state index in [1.54, 1.807) is 7.11 Å². The number of aliphatic hydroxyl groups excluding tert-OH is 1. The number of amides is 1. The van der Waals surface area contributed by atoms with Crippen molar-refractivity contribution in [1.29, 1.82) is 0 Å². The molecule has 11 nitrogen and oxygen atoms in total. The predicted molar refractivity (Wildman–Crippen MR) is 150 cm³/mol. The number of nitrogens with one attached hydrogen (secondary N) is 3.